The van der Waals surface area contributed by atoms with Crippen LogP contribution in [0.3, 0.4) is 0 Å². The Morgan fingerprint density at radius 2 is 1.76 bits per heavy atom. The number of rotatable bonds is 11. The maximum absolute atomic E-state index is 12.3. The molecule has 5 amide bonds. The number of nitrogens with one attached hydrogen (secondary N) is 2. The van der Waals surface area contributed by atoms with Crippen molar-refractivity contribution in [2.24, 2.45) is 0 Å². The molecule has 29 heavy (non-hydrogen) atoms. The van der Waals surface area contributed by atoms with Crippen molar-refractivity contribution >= 4 is 35.8 Å². The van der Waals surface area contributed by atoms with E-state index in [0.717, 1.165) is 4.90 Å². The molecule has 0 aromatic heterocycles. The number of carbonyl (C=O) groups is 6. The average molecular weight is 404 g/mol. The number of amides is 5. The van der Waals surface area contributed by atoms with Gasteiger partial charge in [-0.3, -0.25) is 28.9 Å². The molecule has 2 aliphatic rings. The monoisotopic (exact) mass is 404 g/mol. The molecule has 0 fully saturated rings. The molecule has 0 saturated heterocycles. The zero-order valence-electron chi connectivity index (χ0n) is 16.0. The van der Waals surface area contributed by atoms with Crippen LogP contribution in [0.4, 0.5) is 0 Å². The van der Waals surface area contributed by atoms with Gasteiger partial charge in [0, 0.05) is 31.7 Å². The number of aldehydes is 1. The maximum atomic E-state index is 12.3. The van der Waals surface area contributed by atoms with Crippen molar-refractivity contribution in [3.05, 3.63) is 23.9 Å². The molecule has 0 unspecified atom stereocenters. The quantitative estimate of drug-likeness (QED) is 0.258. The minimum Gasteiger partial charge on any atom is -0.347 e. The second kappa shape index (κ2) is 10.9. The Balaban J connectivity index is 1.62. The molecule has 2 rings (SSSR count). The fraction of sp³-hybridized carbons (Fsp3) is 0.474. The summed E-state index contributed by atoms with van der Waals surface area (Å²) in [5.74, 6) is -1.83. The van der Waals surface area contributed by atoms with E-state index in [-0.39, 0.29) is 42.9 Å². The molecule has 156 valence electrons. The Hall–Kier alpha value is -3.30. The number of nitrogens with zero attached hydrogens (tertiary/aromatic N) is 2. The fourth-order valence-electron chi connectivity index (χ4n) is 3.00. The second-order valence-electron chi connectivity index (χ2n) is 6.55. The average Bonchev–Trinajstić information content (AvgIpc) is 3.32. The summed E-state index contributed by atoms with van der Waals surface area (Å²) >= 11 is 0. The van der Waals surface area contributed by atoms with Gasteiger partial charge in [-0.15, -0.1) is 0 Å². The second-order valence-corrected chi connectivity index (χ2v) is 6.55. The first-order chi connectivity index (χ1) is 13.9. The first kappa shape index (κ1) is 22.0. The van der Waals surface area contributed by atoms with Gasteiger partial charge in [0.2, 0.25) is 11.8 Å². The van der Waals surface area contributed by atoms with Crippen molar-refractivity contribution < 1.29 is 28.8 Å². The number of hydrogen-bond donors (Lipinski definition) is 2. The third-order valence-electron chi connectivity index (χ3n) is 4.48. The molecule has 0 bridgehead atoms. The maximum Gasteiger partial charge on any atom is 0.268 e. The van der Waals surface area contributed by atoms with Gasteiger partial charge in [-0.05, 0) is 19.3 Å². The minimum atomic E-state index is -0.501. The molecule has 2 heterocycles. The lowest BCUT2D eigenvalue weighted by Crippen LogP contribution is -2.42. The Labute approximate surface area is 168 Å². The lowest BCUT2D eigenvalue weighted by Gasteiger charge is -2.19. The summed E-state index contributed by atoms with van der Waals surface area (Å²) < 4.78 is 0. The van der Waals surface area contributed by atoms with Crippen LogP contribution in [0.15, 0.2) is 23.9 Å². The van der Waals surface area contributed by atoms with Gasteiger partial charge in [-0.2, -0.15) is 0 Å². The van der Waals surface area contributed by atoms with Gasteiger partial charge in [0.15, 0.2) is 0 Å². The van der Waals surface area contributed by atoms with E-state index in [1.165, 1.54) is 17.1 Å². The van der Waals surface area contributed by atoms with E-state index in [2.05, 4.69) is 10.6 Å². The molecule has 0 aliphatic carbocycles. The van der Waals surface area contributed by atoms with Gasteiger partial charge < -0.3 is 20.3 Å². The third-order valence-corrected chi connectivity index (χ3v) is 4.48. The van der Waals surface area contributed by atoms with Crippen molar-refractivity contribution in [3.63, 3.8) is 0 Å². The number of unbranched alkanes of at least 4 members (excludes halogenated alkanes) is 2. The van der Waals surface area contributed by atoms with Gasteiger partial charge in [0.25, 0.3) is 17.7 Å². The molecule has 0 saturated carbocycles. The molecule has 2 aliphatic heterocycles. The Morgan fingerprint density at radius 1 is 1.03 bits per heavy atom. The Kier molecular flexibility index (Phi) is 8.26. The third kappa shape index (κ3) is 6.37. The fourth-order valence-corrected chi connectivity index (χ4v) is 3.00. The molecular formula is C19H24N4O6. The number of hydrogen-bond acceptors (Lipinski definition) is 6. The van der Waals surface area contributed by atoms with E-state index in [0.29, 0.717) is 45.1 Å². The highest BCUT2D eigenvalue weighted by molar-refractivity contribution is 6.12. The molecule has 2 N–H and O–H groups in total. The van der Waals surface area contributed by atoms with Crippen LogP contribution in [-0.2, 0) is 28.8 Å². The standard InChI is InChI=1S/C19H24N4O6/c24-12-9-20-19(29)14-5-4-11-22(14)18(28)13-21-15(25)6-2-1-3-10-23-16(26)7-8-17(23)27/h5,7-8,12H,1-4,6,9-11,13H2,(H,20,29)(H,21,25). The summed E-state index contributed by atoms with van der Waals surface area (Å²) in [6.07, 6.45) is 7.21. The zero-order chi connectivity index (χ0) is 21.2. The van der Waals surface area contributed by atoms with Crippen molar-refractivity contribution in [1.82, 2.24) is 20.4 Å². The zero-order valence-corrected chi connectivity index (χ0v) is 16.0. The van der Waals surface area contributed by atoms with Crippen LogP contribution in [-0.4, -0.2) is 71.8 Å². The highest BCUT2D eigenvalue weighted by atomic mass is 16.2. The van der Waals surface area contributed by atoms with Crippen LogP contribution >= 0.6 is 0 Å². The molecule has 0 aromatic rings. The predicted octanol–water partition coefficient (Wildman–Crippen LogP) is -0.981. The lowest BCUT2D eigenvalue weighted by molar-refractivity contribution is -0.137. The van der Waals surface area contributed by atoms with Crippen molar-refractivity contribution in [1.29, 1.82) is 0 Å². The van der Waals surface area contributed by atoms with Crippen LogP contribution in [0.1, 0.15) is 32.1 Å². The summed E-state index contributed by atoms with van der Waals surface area (Å²) in [7, 11) is 0. The number of imide groups is 1. The van der Waals surface area contributed by atoms with Crippen molar-refractivity contribution in [3.8, 4) is 0 Å². The summed E-state index contributed by atoms with van der Waals surface area (Å²) in [5.41, 5.74) is 0.187. The van der Waals surface area contributed by atoms with E-state index >= 15 is 0 Å². The molecule has 0 radical (unpaired) electrons. The van der Waals surface area contributed by atoms with E-state index in [1.54, 1.807) is 6.08 Å². The van der Waals surface area contributed by atoms with Crippen LogP contribution < -0.4 is 10.6 Å². The van der Waals surface area contributed by atoms with Crippen molar-refractivity contribution in [2.75, 3.05) is 26.2 Å². The van der Waals surface area contributed by atoms with Crippen LogP contribution in [0, 0.1) is 0 Å². The first-order valence-corrected chi connectivity index (χ1v) is 9.46. The SMILES string of the molecule is O=CCNC(=O)C1=CCCN1C(=O)CNC(=O)CCCCCN1C(=O)C=CC1=O. The normalized spacial score (nSPS) is 15.5. The van der Waals surface area contributed by atoms with Crippen LogP contribution in [0.2, 0.25) is 0 Å². The van der Waals surface area contributed by atoms with E-state index in [9.17, 15) is 28.8 Å². The van der Waals surface area contributed by atoms with Crippen molar-refractivity contribution in [2.45, 2.75) is 32.1 Å². The Bertz CT molecular complexity index is 740. The van der Waals surface area contributed by atoms with E-state index in [4.69, 9.17) is 0 Å². The highest BCUT2D eigenvalue weighted by Gasteiger charge is 2.27. The summed E-state index contributed by atoms with van der Waals surface area (Å²) in [5, 5.41) is 4.92. The topological polar surface area (TPSA) is 133 Å². The lowest BCUT2D eigenvalue weighted by atomic mass is 10.2. The molecule has 0 spiro atoms. The molecule has 10 heteroatoms. The van der Waals surface area contributed by atoms with Gasteiger partial charge in [0.1, 0.15) is 12.0 Å². The smallest absolute Gasteiger partial charge is 0.268 e. The first-order valence-electron chi connectivity index (χ1n) is 9.46. The largest absolute Gasteiger partial charge is 0.347 e. The molecular weight excluding hydrogens is 380 g/mol. The summed E-state index contributed by atoms with van der Waals surface area (Å²) in [6, 6.07) is 0. The minimum absolute atomic E-state index is 0.133. The van der Waals surface area contributed by atoms with Crippen LogP contribution in [0.5, 0.6) is 0 Å². The van der Waals surface area contributed by atoms with Gasteiger partial charge >= 0.3 is 0 Å². The molecule has 10 nitrogen and oxygen atoms in total. The van der Waals surface area contributed by atoms with Gasteiger partial charge in [-0.25, -0.2) is 0 Å². The van der Waals surface area contributed by atoms with E-state index < -0.39 is 11.8 Å². The van der Waals surface area contributed by atoms with E-state index in [1.807, 2.05) is 0 Å². The summed E-state index contributed by atoms with van der Waals surface area (Å²) in [4.78, 5) is 71.7. The molecule has 0 aromatic carbocycles. The van der Waals surface area contributed by atoms with Crippen LogP contribution in [0.25, 0.3) is 0 Å². The Morgan fingerprint density at radius 3 is 2.45 bits per heavy atom. The van der Waals surface area contributed by atoms with Gasteiger partial charge in [-0.1, -0.05) is 12.5 Å². The predicted molar refractivity (Wildman–Crippen MR) is 101 cm³/mol. The number of carbonyl (C=O) groups excluding carboxylic acids is 6. The summed E-state index contributed by atoms with van der Waals surface area (Å²) in [6.45, 7) is 0.313. The molecule has 0 atom stereocenters. The highest BCUT2D eigenvalue weighted by Crippen LogP contribution is 2.15. The van der Waals surface area contributed by atoms with Gasteiger partial charge in [0.05, 0.1) is 13.1 Å².